The Kier molecular flexibility index (Phi) is 4.26. The van der Waals surface area contributed by atoms with Crippen molar-refractivity contribution in [2.24, 2.45) is 0 Å². The SMILES string of the molecule is CN(C)C1(CNC(=O)c2ccc(F)cc2Br)CCC1. The van der Waals surface area contributed by atoms with Gasteiger partial charge in [0.1, 0.15) is 5.82 Å². The highest BCUT2D eigenvalue weighted by Crippen LogP contribution is 2.35. The van der Waals surface area contributed by atoms with Crippen LogP contribution in [-0.2, 0) is 0 Å². The van der Waals surface area contributed by atoms with Crippen molar-refractivity contribution in [2.75, 3.05) is 20.6 Å². The molecular formula is C14H18BrFN2O. The highest BCUT2D eigenvalue weighted by molar-refractivity contribution is 9.10. The van der Waals surface area contributed by atoms with Gasteiger partial charge in [-0.3, -0.25) is 4.79 Å². The summed E-state index contributed by atoms with van der Waals surface area (Å²) in [5.41, 5.74) is 0.553. The lowest BCUT2D eigenvalue weighted by Crippen LogP contribution is -2.57. The van der Waals surface area contributed by atoms with Gasteiger partial charge in [-0.05, 0) is 67.5 Å². The van der Waals surface area contributed by atoms with Gasteiger partial charge in [-0.15, -0.1) is 0 Å². The highest BCUT2D eigenvalue weighted by atomic mass is 79.9. The third-order valence-electron chi connectivity index (χ3n) is 3.99. The van der Waals surface area contributed by atoms with Crippen LogP contribution in [0.15, 0.2) is 22.7 Å². The van der Waals surface area contributed by atoms with Crippen LogP contribution in [0.5, 0.6) is 0 Å². The molecule has 1 aliphatic carbocycles. The van der Waals surface area contributed by atoms with Gasteiger partial charge in [-0.25, -0.2) is 4.39 Å². The van der Waals surface area contributed by atoms with E-state index in [1.54, 1.807) is 0 Å². The van der Waals surface area contributed by atoms with E-state index in [9.17, 15) is 9.18 Å². The first-order valence-electron chi connectivity index (χ1n) is 6.35. The summed E-state index contributed by atoms with van der Waals surface area (Å²) in [4.78, 5) is 14.3. The van der Waals surface area contributed by atoms with Gasteiger partial charge in [0.05, 0.1) is 5.56 Å². The van der Waals surface area contributed by atoms with Crippen molar-refractivity contribution in [2.45, 2.75) is 24.8 Å². The molecule has 0 atom stereocenters. The minimum atomic E-state index is -0.354. The molecule has 3 nitrogen and oxygen atoms in total. The number of carbonyl (C=O) groups excluding carboxylic acids is 1. The first-order chi connectivity index (χ1) is 8.94. The number of amides is 1. The van der Waals surface area contributed by atoms with Gasteiger partial charge in [-0.1, -0.05) is 0 Å². The number of carbonyl (C=O) groups is 1. The average Bonchev–Trinajstić information content (AvgIpc) is 2.26. The summed E-state index contributed by atoms with van der Waals surface area (Å²) in [5, 5.41) is 2.95. The van der Waals surface area contributed by atoms with Crippen LogP contribution in [0.25, 0.3) is 0 Å². The van der Waals surface area contributed by atoms with Crippen LogP contribution in [-0.4, -0.2) is 37.0 Å². The van der Waals surface area contributed by atoms with Crippen molar-refractivity contribution in [3.63, 3.8) is 0 Å². The number of nitrogens with one attached hydrogen (secondary N) is 1. The van der Waals surface area contributed by atoms with Crippen molar-refractivity contribution < 1.29 is 9.18 Å². The van der Waals surface area contributed by atoms with E-state index in [0.717, 1.165) is 12.8 Å². The number of benzene rings is 1. The first-order valence-corrected chi connectivity index (χ1v) is 7.15. The molecule has 19 heavy (non-hydrogen) atoms. The van der Waals surface area contributed by atoms with Crippen LogP contribution >= 0.6 is 15.9 Å². The monoisotopic (exact) mass is 328 g/mol. The van der Waals surface area contributed by atoms with E-state index in [1.165, 1.54) is 24.6 Å². The number of hydrogen-bond acceptors (Lipinski definition) is 2. The summed E-state index contributed by atoms with van der Waals surface area (Å²) in [5.74, 6) is -0.521. The molecule has 1 aliphatic rings. The van der Waals surface area contributed by atoms with Crippen molar-refractivity contribution in [1.82, 2.24) is 10.2 Å². The summed E-state index contributed by atoms with van der Waals surface area (Å²) in [6, 6.07) is 4.10. The topological polar surface area (TPSA) is 32.3 Å². The normalized spacial score (nSPS) is 17.1. The van der Waals surface area contributed by atoms with Gasteiger partial charge in [0.25, 0.3) is 5.91 Å². The standard InChI is InChI=1S/C14H18BrFN2O/c1-18(2)14(6-3-7-14)9-17-13(19)11-5-4-10(16)8-12(11)15/h4-5,8H,3,6-7,9H2,1-2H3,(H,17,19). The molecule has 0 aromatic heterocycles. The maximum atomic E-state index is 13.0. The van der Waals surface area contributed by atoms with Crippen LogP contribution < -0.4 is 5.32 Å². The molecule has 0 bridgehead atoms. The van der Waals surface area contributed by atoms with Crippen molar-refractivity contribution >= 4 is 21.8 Å². The molecule has 0 spiro atoms. The fourth-order valence-electron chi connectivity index (χ4n) is 2.38. The Bertz CT molecular complexity index is 486. The van der Waals surface area contributed by atoms with E-state index in [4.69, 9.17) is 0 Å². The molecule has 1 aromatic carbocycles. The zero-order valence-electron chi connectivity index (χ0n) is 11.2. The smallest absolute Gasteiger partial charge is 0.252 e. The molecule has 1 aromatic rings. The molecule has 1 amide bonds. The van der Waals surface area contributed by atoms with Gasteiger partial charge in [0, 0.05) is 16.6 Å². The minimum absolute atomic E-state index is 0.0855. The van der Waals surface area contributed by atoms with Gasteiger partial charge >= 0.3 is 0 Å². The molecule has 2 rings (SSSR count). The van der Waals surface area contributed by atoms with E-state index in [1.807, 2.05) is 14.1 Å². The second kappa shape index (κ2) is 5.59. The maximum absolute atomic E-state index is 13.0. The number of halogens is 2. The predicted octanol–water partition coefficient (Wildman–Crippen LogP) is 2.80. The molecule has 0 radical (unpaired) electrons. The second-order valence-electron chi connectivity index (χ2n) is 5.28. The van der Waals surface area contributed by atoms with Gasteiger partial charge in [0.15, 0.2) is 0 Å². The van der Waals surface area contributed by atoms with Gasteiger partial charge < -0.3 is 10.2 Å². The first kappa shape index (κ1) is 14.5. The number of rotatable bonds is 4. The quantitative estimate of drug-likeness (QED) is 0.921. The van der Waals surface area contributed by atoms with Crippen molar-refractivity contribution in [3.8, 4) is 0 Å². The predicted molar refractivity (Wildman–Crippen MR) is 76.7 cm³/mol. The van der Waals surface area contributed by atoms with Crippen molar-refractivity contribution in [3.05, 3.63) is 34.1 Å². The lowest BCUT2D eigenvalue weighted by molar-refractivity contribution is 0.0557. The van der Waals surface area contributed by atoms with E-state index in [-0.39, 0.29) is 17.3 Å². The molecule has 5 heteroatoms. The third kappa shape index (κ3) is 2.98. The van der Waals surface area contributed by atoms with Gasteiger partial charge in [0.2, 0.25) is 0 Å². The molecule has 0 unspecified atom stereocenters. The van der Waals surface area contributed by atoms with Crippen LogP contribution in [0.2, 0.25) is 0 Å². The number of likely N-dealkylation sites (N-methyl/N-ethyl adjacent to an activating group) is 1. The largest absolute Gasteiger partial charge is 0.350 e. The molecule has 1 fully saturated rings. The van der Waals surface area contributed by atoms with E-state index < -0.39 is 0 Å². The zero-order chi connectivity index (χ0) is 14.0. The summed E-state index contributed by atoms with van der Waals surface area (Å²) in [6.45, 7) is 0.628. The van der Waals surface area contributed by atoms with Crippen molar-refractivity contribution in [1.29, 1.82) is 0 Å². The number of hydrogen-bond donors (Lipinski definition) is 1. The molecule has 1 N–H and O–H groups in total. The Morgan fingerprint density at radius 2 is 2.16 bits per heavy atom. The summed E-state index contributed by atoms with van der Waals surface area (Å²) < 4.78 is 13.5. The minimum Gasteiger partial charge on any atom is -0.350 e. The average molecular weight is 329 g/mol. The lowest BCUT2D eigenvalue weighted by atomic mass is 9.75. The highest BCUT2D eigenvalue weighted by Gasteiger charge is 2.39. The van der Waals surface area contributed by atoms with E-state index >= 15 is 0 Å². The molecule has 1 saturated carbocycles. The van der Waals surface area contributed by atoms with Gasteiger partial charge in [-0.2, -0.15) is 0 Å². The zero-order valence-corrected chi connectivity index (χ0v) is 12.8. The fourth-order valence-corrected chi connectivity index (χ4v) is 2.91. The molecule has 0 saturated heterocycles. The lowest BCUT2D eigenvalue weighted by Gasteiger charge is -2.47. The fraction of sp³-hybridized carbons (Fsp3) is 0.500. The molecular weight excluding hydrogens is 311 g/mol. The van der Waals surface area contributed by atoms with Crippen LogP contribution in [0.1, 0.15) is 29.6 Å². The van der Waals surface area contributed by atoms with Crippen LogP contribution in [0.4, 0.5) is 4.39 Å². The molecule has 0 aliphatic heterocycles. The van der Waals surface area contributed by atoms with Crippen LogP contribution in [0, 0.1) is 5.82 Å². The Balaban J connectivity index is 2.01. The maximum Gasteiger partial charge on any atom is 0.252 e. The van der Waals surface area contributed by atoms with Crippen LogP contribution in [0.3, 0.4) is 0 Å². The third-order valence-corrected chi connectivity index (χ3v) is 4.64. The Morgan fingerprint density at radius 3 is 2.63 bits per heavy atom. The summed E-state index contributed by atoms with van der Waals surface area (Å²) >= 11 is 3.22. The Labute approximate surface area is 121 Å². The Hall–Kier alpha value is -0.940. The number of nitrogens with zero attached hydrogens (tertiary/aromatic N) is 1. The molecule has 0 heterocycles. The van der Waals surface area contributed by atoms with E-state index in [0.29, 0.717) is 16.6 Å². The summed E-state index contributed by atoms with van der Waals surface area (Å²) in [7, 11) is 4.08. The van der Waals surface area contributed by atoms with E-state index in [2.05, 4.69) is 26.1 Å². The summed E-state index contributed by atoms with van der Waals surface area (Å²) in [6.07, 6.45) is 3.41. The second-order valence-corrected chi connectivity index (χ2v) is 6.13. The Morgan fingerprint density at radius 1 is 1.47 bits per heavy atom. The molecule has 104 valence electrons.